The molecule has 1 atom stereocenters. The fraction of sp³-hybridized carbons (Fsp3) is 0.462. The third-order valence-electron chi connectivity index (χ3n) is 5.43. The van der Waals surface area contributed by atoms with E-state index >= 15 is 0 Å². The summed E-state index contributed by atoms with van der Waals surface area (Å²) in [5, 5.41) is 2.92. The minimum absolute atomic E-state index is 0.00332. The van der Waals surface area contributed by atoms with E-state index in [0.717, 1.165) is 23.1 Å². The quantitative estimate of drug-likeness (QED) is 0.602. The summed E-state index contributed by atoms with van der Waals surface area (Å²) >= 11 is 0. The molecule has 0 aromatic heterocycles. The van der Waals surface area contributed by atoms with Crippen LogP contribution in [0.4, 0.5) is 0 Å². The molecule has 162 valence electrons. The average molecular weight is 409 g/mol. The van der Waals surface area contributed by atoms with Gasteiger partial charge in [0.25, 0.3) is 0 Å². The van der Waals surface area contributed by atoms with Crippen LogP contribution >= 0.6 is 0 Å². The van der Waals surface area contributed by atoms with Crippen LogP contribution < -0.4 is 5.32 Å². The van der Waals surface area contributed by atoms with E-state index < -0.39 is 6.04 Å². The van der Waals surface area contributed by atoms with Crippen molar-refractivity contribution < 1.29 is 9.59 Å². The van der Waals surface area contributed by atoms with Crippen LogP contribution in [-0.2, 0) is 22.6 Å². The van der Waals surface area contributed by atoms with E-state index in [4.69, 9.17) is 0 Å². The summed E-state index contributed by atoms with van der Waals surface area (Å²) < 4.78 is 0. The van der Waals surface area contributed by atoms with Crippen molar-refractivity contribution in [1.82, 2.24) is 10.2 Å². The summed E-state index contributed by atoms with van der Waals surface area (Å²) in [4.78, 5) is 27.4. The van der Waals surface area contributed by atoms with E-state index in [9.17, 15) is 9.59 Å². The van der Waals surface area contributed by atoms with Crippen molar-refractivity contribution in [3.63, 3.8) is 0 Å². The Bertz CT molecular complexity index is 827. The summed E-state index contributed by atoms with van der Waals surface area (Å²) in [5.74, 6) is 0.399. The Hall–Kier alpha value is -2.62. The van der Waals surface area contributed by atoms with Gasteiger partial charge >= 0.3 is 0 Å². The molecule has 2 rings (SSSR count). The van der Waals surface area contributed by atoms with Crippen molar-refractivity contribution >= 4 is 11.8 Å². The second kappa shape index (κ2) is 11.5. The monoisotopic (exact) mass is 408 g/mol. The van der Waals surface area contributed by atoms with Gasteiger partial charge in [-0.2, -0.15) is 0 Å². The van der Waals surface area contributed by atoms with Crippen molar-refractivity contribution in [3.8, 4) is 0 Å². The number of aryl methyl sites for hydroxylation is 2. The Morgan fingerprint density at radius 3 is 2.30 bits per heavy atom. The molecule has 0 radical (unpaired) electrons. The maximum atomic E-state index is 13.1. The van der Waals surface area contributed by atoms with Crippen molar-refractivity contribution in [2.24, 2.45) is 0 Å². The number of carbonyl (C=O) groups is 2. The van der Waals surface area contributed by atoms with Crippen LogP contribution in [0, 0.1) is 6.92 Å². The Morgan fingerprint density at radius 2 is 1.70 bits per heavy atom. The number of nitrogens with one attached hydrogen (secondary N) is 1. The lowest BCUT2D eigenvalue weighted by Crippen LogP contribution is -2.47. The van der Waals surface area contributed by atoms with Crippen LogP contribution in [0.2, 0.25) is 0 Å². The van der Waals surface area contributed by atoms with Gasteiger partial charge in [0, 0.05) is 19.5 Å². The average Bonchev–Trinajstić information content (AvgIpc) is 2.74. The van der Waals surface area contributed by atoms with Crippen LogP contribution in [0.25, 0.3) is 0 Å². The van der Waals surface area contributed by atoms with Crippen LogP contribution in [0.5, 0.6) is 0 Å². The summed E-state index contributed by atoms with van der Waals surface area (Å²) in [6.07, 6.45) is 1.93. The molecule has 4 nitrogen and oxygen atoms in total. The molecule has 0 spiro atoms. The number of carbonyl (C=O) groups excluding carboxylic acids is 2. The smallest absolute Gasteiger partial charge is 0.242 e. The largest absolute Gasteiger partial charge is 0.354 e. The second-order valence-electron chi connectivity index (χ2n) is 8.37. The maximum Gasteiger partial charge on any atom is 0.242 e. The highest BCUT2D eigenvalue weighted by Crippen LogP contribution is 2.17. The van der Waals surface area contributed by atoms with Gasteiger partial charge in [0.1, 0.15) is 6.04 Å². The van der Waals surface area contributed by atoms with Gasteiger partial charge in [0.05, 0.1) is 0 Å². The van der Waals surface area contributed by atoms with Crippen LogP contribution in [0.1, 0.15) is 68.7 Å². The molecular formula is C26H36N2O2. The second-order valence-corrected chi connectivity index (χ2v) is 8.37. The first kappa shape index (κ1) is 23.7. The summed E-state index contributed by atoms with van der Waals surface area (Å²) in [6.45, 7) is 11.3. The van der Waals surface area contributed by atoms with E-state index in [0.29, 0.717) is 31.8 Å². The maximum absolute atomic E-state index is 13.1. The predicted molar refractivity (Wildman–Crippen MR) is 123 cm³/mol. The summed E-state index contributed by atoms with van der Waals surface area (Å²) in [5.41, 5.74) is 4.63. The molecule has 0 fully saturated rings. The molecule has 1 N–H and O–H groups in total. The molecule has 0 bridgehead atoms. The van der Waals surface area contributed by atoms with E-state index in [1.807, 2.05) is 39.0 Å². The first-order valence-electron chi connectivity index (χ1n) is 11.0. The highest BCUT2D eigenvalue weighted by atomic mass is 16.2. The molecule has 0 saturated carbocycles. The highest BCUT2D eigenvalue weighted by Gasteiger charge is 2.25. The van der Waals surface area contributed by atoms with Crippen LogP contribution in [-0.4, -0.2) is 29.3 Å². The molecule has 2 aromatic carbocycles. The number of amides is 2. The molecule has 0 unspecified atom stereocenters. The number of nitrogens with zero attached hydrogens (tertiary/aromatic N) is 1. The van der Waals surface area contributed by atoms with Crippen molar-refractivity contribution in [1.29, 1.82) is 0 Å². The molecule has 4 heteroatoms. The lowest BCUT2D eigenvalue weighted by molar-refractivity contribution is -0.140. The Morgan fingerprint density at radius 1 is 1.00 bits per heavy atom. The zero-order valence-electron chi connectivity index (χ0n) is 19.1. The number of hydrogen-bond acceptors (Lipinski definition) is 2. The van der Waals surface area contributed by atoms with E-state index in [-0.39, 0.29) is 11.8 Å². The third kappa shape index (κ3) is 7.01. The molecule has 30 heavy (non-hydrogen) atoms. The molecule has 2 amide bonds. The number of rotatable bonds is 10. The zero-order valence-corrected chi connectivity index (χ0v) is 19.1. The van der Waals surface area contributed by atoms with E-state index in [1.165, 1.54) is 5.56 Å². The highest BCUT2D eigenvalue weighted by molar-refractivity contribution is 5.87. The molecule has 0 heterocycles. The molecule has 0 aliphatic heterocycles. The van der Waals surface area contributed by atoms with Gasteiger partial charge in [0.2, 0.25) is 11.8 Å². The van der Waals surface area contributed by atoms with E-state index in [1.54, 1.807) is 4.90 Å². The summed E-state index contributed by atoms with van der Waals surface area (Å²) in [6, 6.07) is 16.1. The van der Waals surface area contributed by atoms with Crippen molar-refractivity contribution in [3.05, 3.63) is 70.8 Å². The SMILES string of the molecule is CCCNC(=O)[C@@H](C)N(Cc1cccc(C)c1)C(=O)CCc1ccc(C(C)C)cc1. The van der Waals surface area contributed by atoms with Gasteiger partial charge in [-0.1, -0.05) is 74.9 Å². The molecule has 0 aliphatic rings. The van der Waals surface area contributed by atoms with Gasteiger partial charge in [-0.05, 0) is 49.3 Å². The molecule has 0 saturated heterocycles. The van der Waals surface area contributed by atoms with Gasteiger partial charge in [0.15, 0.2) is 0 Å². The van der Waals surface area contributed by atoms with Crippen molar-refractivity contribution in [2.45, 2.75) is 72.4 Å². The Balaban J connectivity index is 2.11. The number of hydrogen-bond donors (Lipinski definition) is 1. The molecule has 0 aliphatic carbocycles. The fourth-order valence-electron chi connectivity index (χ4n) is 3.45. The lowest BCUT2D eigenvalue weighted by Gasteiger charge is -2.29. The van der Waals surface area contributed by atoms with Crippen LogP contribution in [0.3, 0.4) is 0 Å². The van der Waals surface area contributed by atoms with E-state index in [2.05, 4.69) is 49.5 Å². The minimum atomic E-state index is -0.507. The summed E-state index contributed by atoms with van der Waals surface area (Å²) in [7, 11) is 0. The van der Waals surface area contributed by atoms with Gasteiger partial charge in [-0.3, -0.25) is 9.59 Å². The predicted octanol–water partition coefficient (Wildman–Crippen LogP) is 4.99. The third-order valence-corrected chi connectivity index (χ3v) is 5.43. The first-order chi connectivity index (χ1) is 14.3. The topological polar surface area (TPSA) is 49.4 Å². The normalized spacial score (nSPS) is 11.9. The fourth-order valence-corrected chi connectivity index (χ4v) is 3.45. The molecular weight excluding hydrogens is 372 g/mol. The van der Waals surface area contributed by atoms with Crippen LogP contribution in [0.15, 0.2) is 48.5 Å². The molecule has 2 aromatic rings. The zero-order chi connectivity index (χ0) is 22.1. The standard InChI is InChI=1S/C26H36N2O2/c1-6-16-27-26(30)21(5)28(18-23-9-7-8-20(4)17-23)25(29)15-12-22-10-13-24(14-11-22)19(2)3/h7-11,13-14,17,19,21H,6,12,15-16,18H2,1-5H3,(H,27,30)/t21-/m1/s1. The lowest BCUT2D eigenvalue weighted by atomic mass is 10.00. The minimum Gasteiger partial charge on any atom is -0.354 e. The van der Waals surface area contributed by atoms with Gasteiger partial charge in [-0.15, -0.1) is 0 Å². The Labute approximate surface area is 181 Å². The van der Waals surface area contributed by atoms with Gasteiger partial charge in [-0.25, -0.2) is 0 Å². The van der Waals surface area contributed by atoms with Gasteiger partial charge < -0.3 is 10.2 Å². The number of benzene rings is 2. The van der Waals surface area contributed by atoms with Crippen molar-refractivity contribution in [2.75, 3.05) is 6.54 Å². The Kier molecular flexibility index (Phi) is 9.10. The first-order valence-corrected chi connectivity index (χ1v) is 11.0.